The third-order valence-corrected chi connectivity index (χ3v) is 5.26. The van der Waals surface area contributed by atoms with Crippen LogP contribution in [0.3, 0.4) is 0 Å². The quantitative estimate of drug-likeness (QED) is 0.222. The lowest BCUT2D eigenvalue weighted by molar-refractivity contribution is -0.384. The van der Waals surface area contributed by atoms with Crippen molar-refractivity contribution in [3.05, 3.63) is 111 Å². The molecule has 0 bridgehead atoms. The van der Waals surface area contributed by atoms with Crippen LogP contribution in [0.1, 0.15) is 22.7 Å². The van der Waals surface area contributed by atoms with Gasteiger partial charge in [-0.3, -0.25) is 24.6 Å². The fraction of sp³-hybridized carbons (Fsp3) is 0.0833. The molecule has 1 N–H and O–H groups in total. The maximum Gasteiger partial charge on any atom is 0.300 e. The molecular formula is C24H18N2O5. The minimum absolute atomic E-state index is 0.111. The van der Waals surface area contributed by atoms with E-state index in [0.29, 0.717) is 16.8 Å². The number of carbonyl (C=O) groups excluding carboxylic acids is 2. The molecule has 1 aliphatic rings. The summed E-state index contributed by atoms with van der Waals surface area (Å²) in [5, 5.41) is 22.3. The van der Waals surface area contributed by atoms with Crippen LogP contribution in [-0.2, 0) is 9.59 Å². The van der Waals surface area contributed by atoms with Gasteiger partial charge in [0.05, 0.1) is 16.5 Å². The second kappa shape index (κ2) is 7.87. The second-order valence-electron chi connectivity index (χ2n) is 7.17. The molecule has 7 heteroatoms. The number of nitro benzene ring substituents is 1. The van der Waals surface area contributed by atoms with Crippen molar-refractivity contribution in [2.75, 3.05) is 4.90 Å². The average molecular weight is 414 g/mol. The molecule has 7 nitrogen and oxygen atoms in total. The summed E-state index contributed by atoms with van der Waals surface area (Å²) in [5.74, 6) is -1.98. The minimum atomic E-state index is -1.01. The predicted molar refractivity (Wildman–Crippen MR) is 116 cm³/mol. The van der Waals surface area contributed by atoms with Crippen molar-refractivity contribution in [1.82, 2.24) is 0 Å². The zero-order chi connectivity index (χ0) is 22.1. The summed E-state index contributed by atoms with van der Waals surface area (Å²) in [6.07, 6.45) is 0. The number of para-hydroxylation sites is 1. The number of aliphatic hydroxyl groups excluding tert-OH is 1. The molecular weight excluding hydrogens is 396 g/mol. The normalized spacial score (nSPS) is 17.7. The number of hydrogen-bond donors (Lipinski definition) is 1. The van der Waals surface area contributed by atoms with Gasteiger partial charge >= 0.3 is 0 Å². The Labute approximate surface area is 178 Å². The van der Waals surface area contributed by atoms with Gasteiger partial charge in [-0.2, -0.15) is 0 Å². The van der Waals surface area contributed by atoms with Crippen LogP contribution < -0.4 is 4.90 Å². The molecule has 0 radical (unpaired) electrons. The lowest BCUT2D eigenvalue weighted by Crippen LogP contribution is -2.30. The van der Waals surface area contributed by atoms with E-state index in [1.54, 1.807) is 61.5 Å². The lowest BCUT2D eigenvalue weighted by Gasteiger charge is -2.26. The van der Waals surface area contributed by atoms with Gasteiger partial charge < -0.3 is 5.11 Å². The number of carbonyl (C=O) groups is 2. The molecule has 1 heterocycles. The number of Topliss-reactive ketones (excluding diaryl/α,β-unsaturated/α-hetero) is 1. The van der Waals surface area contributed by atoms with Gasteiger partial charge in [-0.15, -0.1) is 0 Å². The molecule has 3 aromatic carbocycles. The van der Waals surface area contributed by atoms with Gasteiger partial charge in [0.2, 0.25) is 0 Å². The largest absolute Gasteiger partial charge is 0.507 e. The van der Waals surface area contributed by atoms with Crippen LogP contribution in [0.4, 0.5) is 11.4 Å². The molecule has 0 unspecified atom stereocenters. The van der Waals surface area contributed by atoms with Crippen LogP contribution in [0, 0.1) is 17.0 Å². The minimum Gasteiger partial charge on any atom is -0.507 e. The number of amides is 1. The summed E-state index contributed by atoms with van der Waals surface area (Å²) in [6, 6.07) is 20.2. The van der Waals surface area contributed by atoms with Crippen LogP contribution in [0.5, 0.6) is 0 Å². The van der Waals surface area contributed by atoms with Crippen molar-refractivity contribution < 1.29 is 19.6 Å². The maximum atomic E-state index is 13.1. The summed E-state index contributed by atoms with van der Waals surface area (Å²) in [5.41, 5.74) is 1.69. The van der Waals surface area contributed by atoms with E-state index in [1.165, 1.54) is 23.1 Å². The first kappa shape index (κ1) is 20.0. The highest BCUT2D eigenvalue weighted by molar-refractivity contribution is 6.51. The third kappa shape index (κ3) is 3.46. The Hall–Kier alpha value is -4.26. The van der Waals surface area contributed by atoms with Gasteiger partial charge in [-0.25, -0.2) is 0 Å². The Morgan fingerprint density at radius 1 is 0.968 bits per heavy atom. The van der Waals surface area contributed by atoms with Crippen LogP contribution in [0.15, 0.2) is 84.4 Å². The number of benzene rings is 3. The molecule has 0 saturated carbocycles. The van der Waals surface area contributed by atoms with Crippen molar-refractivity contribution in [1.29, 1.82) is 0 Å². The van der Waals surface area contributed by atoms with E-state index in [-0.39, 0.29) is 17.0 Å². The van der Waals surface area contributed by atoms with Gasteiger partial charge in [0, 0.05) is 23.4 Å². The highest BCUT2D eigenvalue weighted by atomic mass is 16.6. The monoisotopic (exact) mass is 414 g/mol. The summed E-state index contributed by atoms with van der Waals surface area (Å²) in [4.78, 5) is 38.3. The Morgan fingerprint density at radius 2 is 1.65 bits per heavy atom. The summed E-state index contributed by atoms with van der Waals surface area (Å²) in [6.45, 7) is 1.80. The number of rotatable bonds is 4. The maximum absolute atomic E-state index is 13.1. The van der Waals surface area contributed by atoms with Crippen LogP contribution in [0.25, 0.3) is 5.76 Å². The number of nitro groups is 1. The molecule has 4 rings (SSSR count). The topological polar surface area (TPSA) is 101 Å². The zero-order valence-electron chi connectivity index (χ0n) is 16.6. The zero-order valence-corrected chi connectivity index (χ0v) is 16.6. The van der Waals surface area contributed by atoms with Crippen LogP contribution in [-0.4, -0.2) is 21.7 Å². The molecule has 1 amide bonds. The standard InChI is InChI=1S/C24H18N2O5/c1-15-8-5-6-13-19(15)25-21(17-11-7-12-18(14-17)26(30)31)20(23(28)24(25)29)22(27)16-9-3-2-4-10-16/h2-14,21,27H,1H3/t21-/m0/s1. The fourth-order valence-electron chi connectivity index (χ4n) is 3.79. The van der Waals surface area contributed by atoms with Gasteiger partial charge in [-0.05, 0) is 24.1 Å². The number of aryl methyl sites for hydroxylation is 1. The average Bonchev–Trinajstić information content (AvgIpc) is 3.05. The van der Waals surface area contributed by atoms with Crippen molar-refractivity contribution in [2.45, 2.75) is 13.0 Å². The van der Waals surface area contributed by atoms with E-state index in [1.807, 2.05) is 6.07 Å². The molecule has 1 fully saturated rings. The molecule has 3 aromatic rings. The second-order valence-corrected chi connectivity index (χ2v) is 7.17. The molecule has 31 heavy (non-hydrogen) atoms. The van der Waals surface area contributed by atoms with Gasteiger partial charge in [0.25, 0.3) is 17.4 Å². The van der Waals surface area contributed by atoms with Gasteiger partial charge in [0.15, 0.2) is 0 Å². The van der Waals surface area contributed by atoms with Gasteiger partial charge in [-0.1, -0.05) is 60.7 Å². The summed E-state index contributed by atoms with van der Waals surface area (Å²) < 4.78 is 0. The van der Waals surface area contributed by atoms with Gasteiger partial charge in [0.1, 0.15) is 5.76 Å². The van der Waals surface area contributed by atoms with E-state index < -0.39 is 22.7 Å². The molecule has 1 saturated heterocycles. The Morgan fingerprint density at radius 3 is 2.32 bits per heavy atom. The number of ketones is 1. The Balaban J connectivity index is 2.00. The molecule has 0 spiro atoms. The van der Waals surface area contributed by atoms with Crippen molar-refractivity contribution >= 4 is 28.8 Å². The summed E-state index contributed by atoms with van der Waals surface area (Å²) in [7, 11) is 0. The lowest BCUT2D eigenvalue weighted by atomic mass is 9.94. The van der Waals surface area contributed by atoms with E-state index in [2.05, 4.69) is 0 Å². The predicted octanol–water partition coefficient (Wildman–Crippen LogP) is 4.53. The third-order valence-electron chi connectivity index (χ3n) is 5.26. The smallest absolute Gasteiger partial charge is 0.300 e. The fourth-order valence-corrected chi connectivity index (χ4v) is 3.79. The summed E-state index contributed by atoms with van der Waals surface area (Å²) >= 11 is 0. The molecule has 0 aromatic heterocycles. The number of aliphatic hydroxyl groups is 1. The highest BCUT2D eigenvalue weighted by Gasteiger charge is 2.47. The SMILES string of the molecule is Cc1ccccc1N1C(=O)C(=O)C(=C(O)c2ccccc2)[C@@H]1c1cccc([N+](=O)[O-])c1. The van der Waals surface area contributed by atoms with Crippen molar-refractivity contribution in [2.24, 2.45) is 0 Å². The van der Waals surface area contributed by atoms with Crippen LogP contribution in [0.2, 0.25) is 0 Å². The van der Waals surface area contributed by atoms with E-state index in [0.717, 1.165) is 5.56 Å². The highest BCUT2D eigenvalue weighted by Crippen LogP contribution is 2.43. The molecule has 0 aliphatic carbocycles. The number of anilines is 1. The van der Waals surface area contributed by atoms with Crippen molar-refractivity contribution in [3.63, 3.8) is 0 Å². The van der Waals surface area contributed by atoms with Crippen molar-refractivity contribution in [3.8, 4) is 0 Å². The van der Waals surface area contributed by atoms with Crippen LogP contribution >= 0.6 is 0 Å². The molecule has 1 aliphatic heterocycles. The molecule has 1 atom stereocenters. The Kier molecular flexibility index (Phi) is 5.09. The number of nitrogens with zero attached hydrogens (tertiary/aromatic N) is 2. The van der Waals surface area contributed by atoms with E-state index in [4.69, 9.17) is 0 Å². The first-order chi connectivity index (χ1) is 14.9. The number of hydrogen-bond acceptors (Lipinski definition) is 5. The van der Waals surface area contributed by atoms with E-state index >= 15 is 0 Å². The first-order valence-electron chi connectivity index (χ1n) is 9.56. The molecule has 154 valence electrons. The Bertz CT molecular complexity index is 1230. The first-order valence-corrected chi connectivity index (χ1v) is 9.56. The number of non-ortho nitro benzene ring substituents is 1. The van der Waals surface area contributed by atoms with E-state index in [9.17, 15) is 24.8 Å².